The molecule has 128 valence electrons. The molecule has 0 aromatic heterocycles. The second-order valence-electron chi connectivity index (χ2n) is 7.54. The monoisotopic (exact) mass is 302 g/mol. The zero-order chi connectivity index (χ0) is 16.6. The van der Waals surface area contributed by atoms with Gasteiger partial charge in [0, 0.05) is 6.61 Å². The van der Waals surface area contributed by atoms with Gasteiger partial charge in [0.05, 0.1) is 32.3 Å². The molecule has 0 radical (unpaired) electrons. The molecule has 0 bridgehead atoms. The number of ether oxygens (including phenoxy) is 2. The zero-order valence-electron chi connectivity index (χ0n) is 15.9. The molecule has 0 aromatic rings. The average molecular weight is 303 g/mol. The van der Waals surface area contributed by atoms with Crippen molar-refractivity contribution in [2.24, 2.45) is 0 Å². The molecule has 0 unspecified atom stereocenters. The first-order valence-electron chi connectivity index (χ1n) is 8.77. The third-order valence-corrected chi connectivity index (χ3v) is 4.47. The van der Waals surface area contributed by atoms with E-state index < -0.39 is 5.79 Å². The van der Waals surface area contributed by atoms with E-state index in [1.54, 1.807) is 0 Å². The molecule has 0 aliphatic heterocycles. The summed E-state index contributed by atoms with van der Waals surface area (Å²) in [4.78, 5) is 0. The lowest BCUT2D eigenvalue weighted by atomic mass is 10.0. The first kappa shape index (κ1) is 20.9. The first-order valence-corrected chi connectivity index (χ1v) is 8.77. The van der Waals surface area contributed by atoms with Crippen LogP contribution in [0.15, 0.2) is 0 Å². The van der Waals surface area contributed by atoms with Crippen molar-refractivity contribution in [3.8, 4) is 0 Å². The molecule has 0 amide bonds. The number of nitrogens with zero attached hydrogens (tertiary/aromatic N) is 1. The highest BCUT2D eigenvalue weighted by molar-refractivity contribution is 4.72. The summed E-state index contributed by atoms with van der Waals surface area (Å²) in [5.74, 6) is -0.494. The van der Waals surface area contributed by atoms with E-state index in [9.17, 15) is 0 Å². The van der Waals surface area contributed by atoms with Crippen molar-refractivity contribution in [1.82, 2.24) is 0 Å². The van der Waals surface area contributed by atoms with E-state index in [0.29, 0.717) is 0 Å². The Hall–Kier alpha value is -0.120. The van der Waals surface area contributed by atoms with E-state index in [4.69, 9.17) is 9.47 Å². The van der Waals surface area contributed by atoms with Crippen LogP contribution in [0.4, 0.5) is 0 Å². The summed E-state index contributed by atoms with van der Waals surface area (Å²) in [5.41, 5.74) is -0.137. The summed E-state index contributed by atoms with van der Waals surface area (Å²) in [5, 5.41) is 0. The third-order valence-electron chi connectivity index (χ3n) is 4.47. The summed E-state index contributed by atoms with van der Waals surface area (Å²) < 4.78 is 13.2. The van der Waals surface area contributed by atoms with Crippen LogP contribution in [0.3, 0.4) is 0 Å². The Kier molecular flexibility index (Phi) is 9.06. The van der Waals surface area contributed by atoms with Crippen LogP contribution >= 0.6 is 0 Å². The quantitative estimate of drug-likeness (QED) is 0.298. The third kappa shape index (κ3) is 9.49. The van der Waals surface area contributed by atoms with Crippen molar-refractivity contribution in [3.05, 3.63) is 0 Å². The van der Waals surface area contributed by atoms with Gasteiger partial charge in [-0.2, -0.15) is 0 Å². The fraction of sp³-hybridized carbons (Fsp3) is 1.00. The SMILES string of the molecule is CCCCOC(C)(C)OC(C)(C)CCC[N+](C)(CC)CC. The van der Waals surface area contributed by atoms with Crippen LogP contribution < -0.4 is 0 Å². The second kappa shape index (κ2) is 9.12. The Morgan fingerprint density at radius 1 is 0.905 bits per heavy atom. The average Bonchev–Trinajstić information content (AvgIpc) is 2.37. The van der Waals surface area contributed by atoms with Crippen LogP contribution in [0.25, 0.3) is 0 Å². The van der Waals surface area contributed by atoms with Crippen LogP contribution in [0, 0.1) is 0 Å². The molecule has 3 nitrogen and oxygen atoms in total. The lowest BCUT2D eigenvalue weighted by Crippen LogP contribution is -2.45. The van der Waals surface area contributed by atoms with Crippen LogP contribution in [0.2, 0.25) is 0 Å². The van der Waals surface area contributed by atoms with Gasteiger partial charge in [0.1, 0.15) is 0 Å². The first-order chi connectivity index (χ1) is 9.60. The Labute approximate surface area is 133 Å². The lowest BCUT2D eigenvalue weighted by Gasteiger charge is -2.37. The Bertz CT molecular complexity index is 270. The van der Waals surface area contributed by atoms with Crippen molar-refractivity contribution in [2.45, 2.75) is 85.5 Å². The van der Waals surface area contributed by atoms with Gasteiger partial charge in [-0.25, -0.2) is 0 Å². The van der Waals surface area contributed by atoms with E-state index in [1.165, 1.54) is 26.1 Å². The van der Waals surface area contributed by atoms with E-state index in [2.05, 4.69) is 41.7 Å². The van der Waals surface area contributed by atoms with Crippen LogP contribution in [0.1, 0.15) is 74.1 Å². The molecule has 0 N–H and O–H groups in total. The van der Waals surface area contributed by atoms with Crippen molar-refractivity contribution in [2.75, 3.05) is 33.3 Å². The molecule has 0 aromatic carbocycles. The fourth-order valence-electron chi connectivity index (χ4n) is 2.63. The van der Waals surface area contributed by atoms with E-state index >= 15 is 0 Å². The molecule has 0 saturated heterocycles. The summed E-state index contributed by atoms with van der Waals surface area (Å²) in [6.45, 7) is 19.5. The molecule has 0 fully saturated rings. The Morgan fingerprint density at radius 2 is 1.48 bits per heavy atom. The number of rotatable bonds is 12. The smallest absolute Gasteiger partial charge is 0.163 e. The second-order valence-corrected chi connectivity index (χ2v) is 7.54. The molecular formula is C18H40NO2+. The van der Waals surface area contributed by atoms with Crippen molar-refractivity contribution < 1.29 is 14.0 Å². The maximum atomic E-state index is 6.22. The summed E-state index contributed by atoms with van der Waals surface area (Å²) in [7, 11) is 2.34. The van der Waals surface area contributed by atoms with Gasteiger partial charge in [-0.3, -0.25) is 0 Å². The summed E-state index contributed by atoms with van der Waals surface area (Å²) >= 11 is 0. The molecular weight excluding hydrogens is 262 g/mol. The van der Waals surface area contributed by atoms with Crippen molar-refractivity contribution in [1.29, 1.82) is 0 Å². The maximum Gasteiger partial charge on any atom is 0.163 e. The van der Waals surface area contributed by atoms with Gasteiger partial charge in [-0.15, -0.1) is 0 Å². The lowest BCUT2D eigenvalue weighted by molar-refractivity contribution is -0.906. The molecule has 0 heterocycles. The van der Waals surface area contributed by atoms with Crippen molar-refractivity contribution in [3.63, 3.8) is 0 Å². The molecule has 3 heteroatoms. The highest BCUT2D eigenvalue weighted by atomic mass is 16.7. The molecule has 0 atom stereocenters. The van der Waals surface area contributed by atoms with E-state index in [-0.39, 0.29) is 5.60 Å². The minimum atomic E-state index is -0.494. The molecule has 0 rings (SSSR count). The number of unbranched alkanes of at least 4 members (excludes halogenated alkanes) is 1. The minimum absolute atomic E-state index is 0.137. The van der Waals surface area contributed by atoms with Crippen LogP contribution in [-0.4, -0.2) is 49.2 Å². The van der Waals surface area contributed by atoms with Gasteiger partial charge in [0.25, 0.3) is 0 Å². The zero-order valence-corrected chi connectivity index (χ0v) is 15.9. The normalized spacial score (nSPS) is 13.7. The fourth-order valence-corrected chi connectivity index (χ4v) is 2.63. The highest BCUT2D eigenvalue weighted by Gasteiger charge is 2.30. The predicted molar refractivity (Wildman–Crippen MR) is 91.5 cm³/mol. The van der Waals surface area contributed by atoms with Gasteiger partial charge < -0.3 is 14.0 Å². The van der Waals surface area contributed by atoms with Gasteiger partial charge in [0.2, 0.25) is 0 Å². The van der Waals surface area contributed by atoms with Gasteiger partial charge in [0.15, 0.2) is 5.79 Å². The number of hydrogen-bond donors (Lipinski definition) is 0. The molecule has 0 aliphatic rings. The minimum Gasteiger partial charge on any atom is -0.351 e. The van der Waals surface area contributed by atoms with Gasteiger partial charge in [-0.05, 0) is 60.8 Å². The molecule has 21 heavy (non-hydrogen) atoms. The Balaban J connectivity index is 4.23. The summed E-state index contributed by atoms with van der Waals surface area (Å²) in [6.07, 6.45) is 4.51. The van der Waals surface area contributed by atoms with Crippen LogP contribution in [0.5, 0.6) is 0 Å². The number of hydrogen-bond acceptors (Lipinski definition) is 2. The molecule has 0 spiro atoms. The van der Waals surface area contributed by atoms with Gasteiger partial charge >= 0.3 is 0 Å². The molecule has 0 saturated carbocycles. The highest BCUT2D eigenvalue weighted by Crippen LogP contribution is 2.26. The Morgan fingerprint density at radius 3 is 1.95 bits per heavy atom. The van der Waals surface area contributed by atoms with Gasteiger partial charge in [-0.1, -0.05) is 13.3 Å². The maximum absolute atomic E-state index is 6.22. The van der Waals surface area contributed by atoms with Crippen LogP contribution in [-0.2, 0) is 9.47 Å². The summed E-state index contributed by atoms with van der Waals surface area (Å²) in [6, 6.07) is 0. The number of quaternary nitrogens is 1. The van der Waals surface area contributed by atoms with Crippen molar-refractivity contribution >= 4 is 0 Å². The predicted octanol–water partition coefficient (Wildman–Crippen LogP) is 4.60. The van der Waals surface area contributed by atoms with E-state index in [1.807, 2.05) is 13.8 Å². The van der Waals surface area contributed by atoms with E-state index in [0.717, 1.165) is 30.4 Å². The molecule has 0 aliphatic carbocycles. The standard InChI is InChI=1S/C18H40NO2/c1-9-12-16-20-18(6,7)21-17(4,5)14-13-15-19(8,10-2)11-3/h9-16H2,1-8H3/q+1. The largest absolute Gasteiger partial charge is 0.351 e. The topological polar surface area (TPSA) is 18.5 Å².